The molecule has 2 aliphatic carbocycles. The van der Waals surface area contributed by atoms with Crippen LogP contribution in [-0.2, 0) is 30.7 Å². The van der Waals surface area contributed by atoms with Gasteiger partial charge in [0.25, 0.3) is 5.91 Å². The summed E-state index contributed by atoms with van der Waals surface area (Å²) < 4.78 is 45.2. The molecule has 44 heavy (non-hydrogen) atoms. The van der Waals surface area contributed by atoms with Crippen LogP contribution in [0.3, 0.4) is 0 Å². The molecular formula is C34H38N2O7S. The molecule has 1 heterocycles. The van der Waals surface area contributed by atoms with Crippen LogP contribution in [0.5, 0.6) is 5.75 Å². The molecule has 2 N–H and O–H groups in total. The second kappa shape index (κ2) is 13.1. The van der Waals surface area contributed by atoms with E-state index in [2.05, 4.69) is 47.8 Å². The molecule has 0 saturated heterocycles. The number of sulfonamides is 1. The molecule has 0 bridgehead atoms. The molecule has 1 amide bonds. The van der Waals surface area contributed by atoms with Gasteiger partial charge in [0.15, 0.2) is 5.76 Å². The third-order valence-corrected chi connectivity index (χ3v) is 10.4. The summed E-state index contributed by atoms with van der Waals surface area (Å²) in [5.41, 5.74) is 6.10. The van der Waals surface area contributed by atoms with Gasteiger partial charge in [-0.1, -0.05) is 42.5 Å². The van der Waals surface area contributed by atoms with Gasteiger partial charge in [-0.05, 0) is 83.3 Å². The maximum absolute atomic E-state index is 13.3. The number of rotatable bonds is 13. The van der Waals surface area contributed by atoms with Crippen LogP contribution < -0.4 is 10.1 Å². The summed E-state index contributed by atoms with van der Waals surface area (Å²) in [6.45, 7) is 0.208. The van der Waals surface area contributed by atoms with E-state index >= 15 is 0 Å². The first-order valence-corrected chi connectivity index (χ1v) is 16.5. The number of hydrogen-bond acceptors (Lipinski definition) is 7. The Morgan fingerprint density at radius 3 is 2.55 bits per heavy atom. The molecule has 0 spiro atoms. The van der Waals surface area contributed by atoms with Gasteiger partial charge in [-0.2, -0.15) is 4.31 Å². The molecule has 232 valence electrons. The molecule has 1 fully saturated rings. The number of amides is 1. The number of nitrogens with zero attached hydrogens (tertiary/aromatic N) is 1. The van der Waals surface area contributed by atoms with E-state index < -0.39 is 16.3 Å². The SMILES string of the molecule is COc1ccc(S(=O)(=O)N(CCO)CCO[C@@H]2C[C@H](c3cccc4c3Cc3ccccc3-4)C=C(C(=O)NCC3CC3)O2)cc1. The fourth-order valence-corrected chi connectivity index (χ4v) is 7.37. The van der Waals surface area contributed by atoms with E-state index in [-0.39, 0.29) is 48.8 Å². The lowest BCUT2D eigenvalue weighted by atomic mass is 9.87. The van der Waals surface area contributed by atoms with Crippen molar-refractivity contribution in [1.29, 1.82) is 0 Å². The monoisotopic (exact) mass is 618 g/mol. The average molecular weight is 619 g/mol. The van der Waals surface area contributed by atoms with Crippen molar-refractivity contribution in [2.24, 2.45) is 5.92 Å². The quantitative estimate of drug-likeness (QED) is 0.231. The van der Waals surface area contributed by atoms with Crippen molar-refractivity contribution in [2.75, 3.05) is 40.0 Å². The fraction of sp³-hybridized carbons (Fsp3) is 0.382. The van der Waals surface area contributed by atoms with Gasteiger partial charge in [-0.15, -0.1) is 0 Å². The number of ether oxygens (including phenoxy) is 3. The Labute approximate surface area is 258 Å². The molecule has 3 aliphatic rings. The second-order valence-electron chi connectivity index (χ2n) is 11.5. The van der Waals surface area contributed by atoms with Gasteiger partial charge in [-0.25, -0.2) is 8.42 Å². The smallest absolute Gasteiger partial charge is 0.286 e. The van der Waals surface area contributed by atoms with E-state index in [0.29, 0.717) is 24.6 Å². The summed E-state index contributed by atoms with van der Waals surface area (Å²) in [6, 6.07) is 20.8. The molecule has 2 atom stereocenters. The molecular weight excluding hydrogens is 580 g/mol. The molecule has 6 rings (SSSR count). The summed E-state index contributed by atoms with van der Waals surface area (Å²) in [5.74, 6) is 0.888. The van der Waals surface area contributed by atoms with E-state index in [1.807, 2.05) is 6.08 Å². The number of carbonyl (C=O) groups is 1. The van der Waals surface area contributed by atoms with Gasteiger partial charge >= 0.3 is 0 Å². The first-order chi connectivity index (χ1) is 21.4. The topological polar surface area (TPSA) is 114 Å². The molecule has 10 heteroatoms. The molecule has 9 nitrogen and oxygen atoms in total. The minimum absolute atomic E-state index is 0.00240. The molecule has 0 unspecified atom stereocenters. The standard InChI is InChI=1S/C34H38N2O7S/c1-41-26-11-13-27(14-12-26)44(39,40)36(15-17-37)16-18-42-33-21-25(20-32(43-33)34(38)35-22-23-9-10-23)29-7-4-8-30-28-6-3-2-5-24(28)19-31(29)30/h2-8,11-14,20,23,25,33,37H,9-10,15-19,21-22H2,1H3,(H,35,38)/t25-,33+/m1/s1. The predicted molar refractivity (Wildman–Crippen MR) is 166 cm³/mol. The number of fused-ring (bicyclic) bond motifs is 3. The number of aliphatic hydroxyl groups excluding tert-OH is 1. The molecule has 3 aromatic rings. The van der Waals surface area contributed by atoms with Crippen LogP contribution in [0, 0.1) is 5.92 Å². The predicted octanol–water partition coefficient (Wildman–Crippen LogP) is 4.21. The normalized spacial score (nSPS) is 19.1. The van der Waals surface area contributed by atoms with Crippen molar-refractivity contribution in [3.63, 3.8) is 0 Å². The number of nitrogens with one attached hydrogen (secondary N) is 1. The first-order valence-electron chi connectivity index (χ1n) is 15.1. The summed E-state index contributed by atoms with van der Waals surface area (Å²) in [7, 11) is -2.38. The number of hydrogen-bond donors (Lipinski definition) is 2. The van der Waals surface area contributed by atoms with Gasteiger partial charge in [0.1, 0.15) is 5.75 Å². The Bertz CT molecular complexity index is 1630. The average Bonchev–Trinajstić information content (AvgIpc) is 3.80. The van der Waals surface area contributed by atoms with Crippen molar-refractivity contribution < 1.29 is 32.5 Å². The van der Waals surface area contributed by atoms with Crippen molar-refractivity contribution >= 4 is 15.9 Å². The van der Waals surface area contributed by atoms with E-state index in [0.717, 1.165) is 24.8 Å². The Balaban J connectivity index is 1.19. The third kappa shape index (κ3) is 6.53. The lowest BCUT2D eigenvalue weighted by molar-refractivity contribution is -0.146. The highest BCUT2D eigenvalue weighted by atomic mass is 32.2. The van der Waals surface area contributed by atoms with E-state index in [4.69, 9.17) is 14.2 Å². The van der Waals surface area contributed by atoms with Crippen LogP contribution in [0.4, 0.5) is 0 Å². The maximum Gasteiger partial charge on any atom is 0.286 e. The highest BCUT2D eigenvalue weighted by Crippen LogP contribution is 2.43. The van der Waals surface area contributed by atoms with Crippen molar-refractivity contribution in [2.45, 2.75) is 42.8 Å². The number of benzene rings is 3. The van der Waals surface area contributed by atoms with Crippen LogP contribution in [0.25, 0.3) is 11.1 Å². The van der Waals surface area contributed by atoms with Gasteiger partial charge in [0.2, 0.25) is 16.3 Å². The number of methoxy groups -OCH3 is 1. The minimum atomic E-state index is -3.89. The van der Waals surface area contributed by atoms with E-state index in [9.17, 15) is 18.3 Å². The van der Waals surface area contributed by atoms with E-state index in [1.165, 1.54) is 45.8 Å². The number of allylic oxidation sites excluding steroid dienone is 1. The summed E-state index contributed by atoms with van der Waals surface area (Å²) in [5, 5.41) is 12.6. The summed E-state index contributed by atoms with van der Waals surface area (Å²) >= 11 is 0. The molecule has 1 aliphatic heterocycles. The first kappa shape index (κ1) is 30.3. The van der Waals surface area contributed by atoms with Crippen LogP contribution in [0.2, 0.25) is 0 Å². The van der Waals surface area contributed by atoms with Gasteiger partial charge in [-0.3, -0.25) is 4.79 Å². The Kier molecular flexibility index (Phi) is 9.04. The molecule has 1 saturated carbocycles. The van der Waals surface area contributed by atoms with Crippen molar-refractivity contribution in [3.05, 3.63) is 95.3 Å². The number of carbonyl (C=O) groups excluding carboxylic acids is 1. The van der Waals surface area contributed by atoms with Crippen LogP contribution in [0.15, 0.2) is 83.5 Å². The zero-order chi connectivity index (χ0) is 30.7. The number of aliphatic hydroxyl groups is 1. The summed E-state index contributed by atoms with van der Waals surface area (Å²) in [6.07, 6.45) is 4.67. The summed E-state index contributed by atoms with van der Waals surface area (Å²) in [4.78, 5) is 13.3. The lowest BCUT2D eigenvalue weighted by Gasteiger charge is -2.31. The highest BCUT2D eigenvalue weighted by Gasteiger charge is 2.33. The second-order valence-corrected chi connectivity index (χ2v) is 13.4. The maximum atomic E-state index is 13.3. The Hall–Kier alpha value is -3.70. The van der Waals surface area contributed by atoms with Crippen molar-refractivity contribution in [3.8, 4) is 16.9 Å². The van der Waals surface area contributed by atoms with Crippen LogP contribution in [-0.4, -0.2) is 70.0 Å². The fourth-order valence-electron chi connectivity index (χ4n) is 5.96. The van der Waals surface area contributed by atoms with Gasteiger partial charge < -0.3 is 24.6 Å². The van der Waals surface area contributed by atoms with Crippen LogP contribution in [0.1, 0.15) is 41.9 Å². The van der Waals surface area contributed by atoms with E-state index in [1.54, 1.807) is 12.1 Å². The minimum Gasteiger partial charge on any atom is -0.497 e. The van der Waals surface area contributed by atoms with Gasteiger partial charge in [0.05, 0.1) is 25.2 Å². The van der Waals surface area contributed by atoms with Gasteiger partial charge in [0, 0.05) is 32.0 Å². The third-order valence-electron chi connectivity index (χ3n) is 8.51. The molecule has 0 aromatic heterocycles. The largest absolute Gasteiger partial charge is 0.497 e. The van der Waals surface area contributed by atoms with Crippen LogP contribution >= 0.6 is 0 Å². The Morgan fingerprint density at radius 1 is 1.02 bits per heavy atom. The Morgan fingerprint density at radius 2 is 1.80 bits per heavy atom. The zero-order valence-electron chi connectivity index (χ0n) is 24.8. The highest BCUT2D eigenvalue weighted by molar-refractivity contribution is 7.89. The lowest BCUT2D eigenvalue weighted by Crippen LogP contribution is -2.38. The van der Waals surface area contributed by atoms with Crippen molar-refractivity contribution in [1.82, 2.24) is 9.62 Å². The molecule has 0 radical (unpaired) electrons. The molecule has 3 aromatic carbocycles. The zero-order valence-corrected chi connectivity index (χ0v) is 25.6.